The lowest BCUT2D eigenvalue weighted by Gasteiger charge is -2.34. The molecule has 0 aliphatic heterocycles. The first-order chi connectivity index (χ1) is 37.0. The summed E-state index contributed by atoms with van der Waals surface area (Å²) in [6.45, 7) is 31.9. The predicted molar refractivity (Wildman–Crippen MR) is 331 cm³/mol. The summed E-state index contributed by atoms with van der Waals surface area (Å²) in [5.74, 6) is 1.38. The first-order valence-electron chi connectivity index (χ1n) is 27.2. The molecular formula is C70H68O6P2. The summed E-state index contributed by atoms with van der Waals surface area (Å²) in [4.78, 5) is 0. The molecule has 2 aromatic heterocycles. The van der Waals surface area contributed by atoms with Crippen molar-refractivity contribution < 1.29 is 25.8 Å². The topological polar surface area (TPSA) is 71.0 Å². The summed E-state index contributed by atoms with van der Waals surface area (Å²) >= 11 is 0. The molecule has 0 amide bonds. The Morgan fingerprint density at radius 1 is 0.308 bits per heavy atom. The second-order valence-electron chi connectivity index (χ2n) is 25.2. The Morgan fingerprint density at radius 3 is 0.795 bits per heavy atom. The van der Waals surface area contributed by atoms with E-state index in [-0.39, 0.29) is 10.8 Å². The molecule has 0 aliphatic carbocycles. The number of rotatable bonds is 5. The molecule has 2 heterocycles. The Bertz CT molecular complexity index is 4030. The van der Waals surface area contributed by atoms with Crippen LogP contribution in [0.15, 0.2) is 175 Å². The van der Waals surface area contributed by atoms with Crippen molar-refractivity contribution in [2.75, 3.05) is 0 Å². The van der Waals surface area contributed by atoms with E-state index in [4.69, 9.17) is 25.8 Å². The van der Waals surface area contributed by atoms with Gasteiger partial charge >= 0.3 is 16.5 Å². The van der Waals surface area contributed by atoms with Gasteiger partial charge in [0.2, 0.25) is 0 Å². The lowest BCUT2D eigenvalue weighted by molar-refractivity contribution is 0.470. The molecular weight excluding hydrogens is 999 g/mol. The van der Waals surface area contributed by atoms with Crippen LogP contribution in [-0.4, -0.2) is 0 Å². The SMILES string of the molecule is Cc1c(C(C)(C)C)cc(C(C)(C)C)c(Op2oc3ccc4ccccc4c3c3c(ccc4ccccc43)o2)c1-c1c(C)c(C(C)(C)C)cc(C(C)(C)C)c1Op1oc2ccc3ccccc3c2c2c(ccc3ccccc32)o1. The summed E-state index contributed by atoms with van der Waals surface area (Å²) in [5, 5.41) is 12.7. The second-order valence-corrected chi connectivity index (χ2v) is 27.2. The first-order valence-corrected chi connectivity index (χ1v) is 29.4. The van der Waals surface area contributed by atoms with E-state index in [0.29, 0.717) is 33.8 Å². The Kier molecular flexibility index (Phi) is 12.3. The molecule has 12 rings (SSSR count). The minimum absolute atomic E-state index is 0.266. The molecule has 0 N–H and O–H groups in total. The molecule has 8 heteroatoms. The number of fused-ring (bicyclic) bond motifs is 14. The molecule has 78 heavy (non-hydrogen) atoms. The third-order valence-electron chi connectivity index (χ3n) is 15.6. The van der Waals surface area contributed by atoms with Gasteiger partial charge in [0.05, 0.1) is 0 Å². The number of hydrogen-bond acceptors (Lipinski definition) is 6. The van der Waals surface area contributed by atoms with Crippen LogP contribution in [0, 0.1) is 13.8 Å². The van der Waals surface area contributed by atoms with Gasteiger partial charge in [-0.3, -0.25) is 0 Å². The van der Waals surface area contributed by atoms with Gasteiger partial charge in [0.25, 0.3) is 0 Å². The van der Waals surface area contributed by atoms with E-state index in [1.807, 2.05) is 0 Å². The molecule has 0 atom stereocenters. The van der Waals surface area contributed by atoms with E-state index in [1.54, 1.807) is 0 Å². The van der Waals surface area contributed by atoms with Gasteiger partial charge in [-0.1, -0.05) is 217 Å². The largest absolute Gasteiger partial charge is 0.453 e. The van der Waals surface area contributed by atoms with Crippen molar-refractivity contribution >= 4 is 103 Å². The summed E-state index contributed by atoms with van der Waals surface area (Å²) < 4.78 is 44.3. The molecule has 0 bridgehead atoms. The molecule has 10 aromatic carbocycles. The van der Waals surface area contributed by atoms with Crippen molar-refractivity contribution in [1.82, 2.24) is 0 Å². The third kappa shape index (κ3) is 8.83. The summed E-state index contributed by atoms with van der Waals surface area (Å²) in [6, 6.07) is 55.5. The van der Waals surface area contributed by atoms with Crippen LogP contribution in [-0.2, 0) is 21.7 Å². The van der Waals surface area contributed by atoms with E-state index < -0.39 is 27.3 Å². The van der Waals surface area contributed by atoms with E-state index in [0.717, 1.165) is 98.0 Å². The summed E-state index contributed by atoms with van der Waals surface area (Å²) in [7, 11) is -4.30. The quantitative estimate of drug-likeness (QED) is 0.171. The van der Waals surface area contributed by atoms with Crippen LogP contribution in [0.4, 0.5) is 0 Å². The third-order valence-corrected chi connectivity index (χ3v) is 17.7. The number of hydrogen-bond donors (Lipinski definition) is 0. The average Bonchev–Trinajstić information content (AvgIpc) is 3.78. The zero-order valence-electron chi connectivity index (χ0n) is 47.4. The highest BCUT2D eigenvalue weighted by atomic mass is 31.1. The van der Waals surface area contributed by atoms with Gasteiger partial charge in [-0.05, 0) is 125 Å². The molecule has 0 saturated carbocycles. The van der Waals surface area contributed by atoms with E-state index in [9.17, 15) is 0 Å². The first kappa shape index (κ1) is 51.4. The minimum Gasteiger partial charge on any atom is -0.390 e. The van der Waals surface area contributed by atoms with Gasteiger partial charge in [-0.2, -0.15) is 0 Å². The molecule has 0 saturated heterocycles. The molecule has 0 spiro atoms. The van der Waals surface area contributed by atoms with Crippen molar-refractivity contribution in [3.63, 3.8) is 0 Å². The lowest BCUT2D eigenvalue weighted by atomic mass is 9.72. The normalized spacial score (nSPS) is 12.7. The second kappa shape index (κ2) is 18.6. The lowest BCUT2D eigenvalue weighted by Crippen LogP contribution is -2.22. The van der Waals surface area contributed by atoms with Crippen LogP contribution in [0.1, 0.15) is 116 Å². The maximum Gasteiger partial charge on any atom is 0.453 e. The number of benzene rings is 10. The maximum absolute atomic E-state index is 7.72. The van der Waals surface area contributed by atoms with Crippen LogP contribution in [0.5, 0.6) is 11.5 Å². The van der Waals surface area contributed by atoms with Crippen LogP contribution < -0.4 is 9.05 Å². The Labute approximate surface area is 459 Å². The van der Waals surface area contributed by atoms with Gasteiger partial charge in [0.1, 0.15) is 33.8 Å². The highest BCUT2D eigenvalue weighted by Crippen LogP contribution is 2.57. The highest BCUT2D eigenvalue weighted by molar-refractivity contribution is 7.32. The minimum atomic E-state index is -2.15. The van der Waals surface area contributed by atoms with Crippen molar-refractivity contribution in [3.05, 3.63) is 191 Å². The van der Waals surface area contributed by atoms with Crippen molar-refractivity contribution in [1.29, 1.82) is 0 Å². The monoisotopic (exact) mass is 1070 g/mol. The van der Waals surface area contributed by atoms with Crippen LogP contribution in [0.3, 0.4) is 0 Å². The summed E-state index contributed by atoms with van der Waals surface area (Å²) in [5.41, 5.74) is 9.93. The Balaban J connectivity index is 1.21. The van der Waals surface area contributed by atoms with Crippen molar-refractivity contribution in [2.24, 2.45) is 0 Å². The predicted octanol–water partition coefficient (Wildman–Crippen LogP) is 22.7. The molecule has 0 fully saturated rings. The van der Waals surface area contributed by atoms with Gasteiger partial charge in [-0.25, -0.2) is 0 Å². The molecule has 12 aromatic rings. The molecule has 0 aliphatic rings. The van der Waals surface area contributed by atoms with Crippen LogP contribution in [0.25, 0.3) is 98.1 Å². The molecule has 394 valence electrons. The maximum atomic E-state index is 7.72. The molecule has 0 radical (unpaired) electrons. The smallest absolute Gasteiger partial charge is 0.390 e. The van der Waals surface area contributed by atoms with Gasteiger partial charge in [0.15, 0.2) is 0 Å². The summed E-state index contributed by atoms with van der Waals surface area (Å²) in [6.07, 6.45) is 0. The van der Waals surface area contributed by atoms with Crippen molar-refractivity contribution in [3.8, 4) is 22.6 Å². The fourth-order valence-corrected chi connectivity index (χ4v) is 14.1. The van der Waals surface area contributed by atoms with E-state index in [1.165, 1.54) is 11.1 Å². The highest BCUT2D eigenvalue weighted by Gasteiger charge is 2.37. The fraction of sp³-hybridized carbons (Fsp3) is 0.257. The van der Waals surface area contributed by atoms with E-state index >= 15 is 0 Å². The molecule has 6 nitrogen and oxygen atoms in total. The standard InChI is InChI=1S/C70H68O6P2/c1-41-51(67(3,4)5)39-53(69(9,10)11)65(75-77-71-55-35-31-43-23-15-19-27-47(43)61(55)62-48-28-20-16-24-44(48)32-36-56(62)72-77)59(41)60-42(2)52(68(6,7)8)40-54(70(12,13)14)66(60)76-78-73-57-37-33-45-25-17-21-29-49(45)63(57)64-50-30-22-18-26-46(50)34-38-58(64)74-78/h15-40H,1-14H3. The van der Waals surface area contributed by atoms with Gasteiger partial charge in [-0.15, -0.1) is 0 Å². The average molecular weight is 1070 g/mol. The van der Waals surface area contributed by atoms with Crippen molar-refractivity contribution in [2.45, 2.75) is 119 Å². The van der Waals surface area contributed by atoms with Crippen LogP contribution >= 0.6 is 16.5 Å². The van der Waals surface area contributed by atoms with Gasteiger partial charge < -0.3 is 25.8 Å². The van der Waals surface area contributed by atoms with Crippen LogP contribution in [0.2, 0.25) is 0 Å². The zero-order chi connectivity index (χ0) is 54.8. The Hall–Kier alpha value is -7.36. The Morgan fingerprint density at radius 2 is 0.551 bits per heavy atom. The van der Waals surface area contributed by atoms with E-state index in [2.05, 4.69) is 255 Å². The fourth-order valence-electron chi connectivity index (χ4n) is 11.9. The molecule has 0 unspecified atom stereocenters. The zero-order valence-corrected chi connectivity index (χ0v) is 49.1. The van der Waals surface area contributed by atoms with Gasteiger partial charge in [0, 0.05) is 43.8 Å².